The number of fused-ring (bicyclic) bond motifs is 5. The highest BCUT2D eigenvalue weighted by Crippen LogP contribution is 2.30. The minimum Gasteiger partial charge on any atom is -0.457 e. The molecule has 2 aliphatic heterocycles. The number of ether oxygens (including phenoxy) is 2. The van der Waals surface area contributed by atoms with Gasteiger partial charge in [-0.3, -0.25) is 19.4 Å². The lowest BCUT2D eigenvalue weighted by Crippen LogP contribution is -2.48. The molecule has 1 saturated heterocycles. The molecule has 9 heteroatoms. The molecule has 2 amide bonds. The fraction of sp³-hybridized carbons (Fsp3) is 0.419. The van der Waals surface area contributed by atoms with Crippen LogP contribution in [0.5, 0.6) is 11.5 Å². The number of benzene rings is 2. The van der Waals surface area contributed by atoms with Crippen LogP contribution in [0.25, 0.3) is 0 Å². The molecule has 9 nitrogen and oxygen atoms in total. The number of nitrogens with one attached hydrogen (secondary N) is 1. The van der Waals surface area contributed by atoms with Crippen molar-refractivity contribution >= 4 is 11.8 Å². The molecule has 3 aliphatic rings. The van der Waals surface area contributed by atoms with Crippen molar-refractivity contribution < 1.29 is 23.5 Å². The van der Waals surface area contributed by atoms with E-state index in [-0.39, 0.29) is 24.0 Å². The van der Waals surface area contributed by atoms with Crippen molar-refractivity contribution in [1.82, 2.24) is 20.0 Å². The molecule has 3 heterocycles. The molecule has 210 valence electrons. The van der Waals surface area contributed by atoms with Crippen molar-refractivity contribution in [1.29, 1.82) is 0 Å². The largest absolute Gasteiger partial charge is 0.457 e. The van der Waals surface area contributed by atoms with Crippen LogP contribution in [-0.4, -0.2) is 78.4 Å². The lowest BCUT2D eigenvalue weighted by atomic mass is 10.1. The van der Waals surface area contributed by atoms with E-state index in [1.54, 1.807) is 20.2 Å². The minimum absolute atomic E-state index is 0.00529. The van der Waals surface area contributed by atoms with Crippen LogP contribution in [0, 0.1) is 0 Å². The van der Waals surface area contributed by atoms with Gasteiger partial charge < -0.3 is 24.1 Å². The molecule has 0 radical (unpaired) electrons. The second kappa shape index (κ2) is 11.4. The van der Waals surface area contributed by atoms with E-state index in [0.29, 0.717) is 56.9 Å². The molecule has 2 atom stereocenters. The molecule has 0 spiro atoms. The smallest absolute Gasteiger partial charge is 0.289 e. The Morgan fingerprint density at radius 3 is 2.48 bits per heavy atom. The van der Waals surface area contributed by atoms with Gasteiger partial charge in [-0.1, -0.05) is 24.3 Å². The Balaban J connectivity index is 1.21. The van der Waals surface area contributed by atoms with Crippen LogP contribution in [0.15, 0.2) is 65.1 Å². The third-order valence-corrected chi connectivity index (χ3v) is 7.64. The second-order valence-corrected chi connectivity index (χ2v) is 11.2. The third-order valence-electron chi connectivity index (χ3n) is 7.64. The first kappa shape index (κ1) is 26.6. The fourth-order valence-corrected chi connectivity index (χ4v) is 5.48. The summed E-state index contributed by atoms with van der Waals surface area (Å²) < 4.78 is 18.4. The van der Waals surface area contributed by atoms with Crippen molar-refractivity contribution in [2.24, 2.45) is 0 Å². The van der Waals surface area contributed by atoms with Gasteiger partial charge >= 0.3 is 0 Å². The molecule has 1 N–H and O–H groups in total. The summed E-state index contributed by atoms with van der Waals surface area (Å²) in [5, 5.41) is 3.28. The molecular weight excluding hydrogens is 508 g/mol. The Morgan fingerprint density at radius 1 is 0.975 bits per heavy atom. The molecule has 3 aromatic rings. The van der Waals surface area contributed by atoms with Gasteiger partial charge in [0.05, 0.1) is 31.8 Å². The van der Waals surface area contributed by atoms with Crippen molar-refractivity contribution in [2.75, 3.05) is 33.7 Å². The zero-order chi connectivity index (χ0) is 27.6. The molecule has 1 aliphatic carbocycles. The van der Waals surface area contributed by atoms with E-state index in [2.05, 4.69) is 27.2 Å². The first-order chi connectivity index (χ1) is 19.4. The van der Waals surface area contributed by atoms with Gasteiger partial charge in [0.25, 0.3) is 5.91 Å². The Morgan fingerprint density at radius 2 is 1.73 bits per heavy atom. The van der Waals surface area contributed by atoms with E-state index < -0.39 is 0 Å². The maximum absolute atomic E-state index is 13.3. The quantitative estimate of drug-likeness (QED) is 0.537. The van der Waals surface area contributed by atoms with Crippen molar-refractivity contribution in [3.8, 4) is 11.5 Å². The Kier molecular flexibility index (Phi) is 7.60. The van der Waals surface area contributed by atoms with Gasteiger partial charge in [-0.2, -0.15) is 0 Å². The molecule has 6 rings (SSSR count). The molecule has 0 unspecified atom stereocenters. The van der Waals surface area contributed by atoms with Gasteiger partial charge in [0.15, 0.2) is 5.76 Å². The van der Waals surface area contributed by atoms with Gasteiger partial charge in [-0.25, -0.2) is 0 Å². The van der Waals surface area contributed by atoms with Gasteiger partial charge in [0.1, 0.15) is 17.3 Å². The van der Waals surface area contributed by atoms with E-state index in [1.807, 2.05) is 42.5 Å². The number of rotatable bonds is 4. The van der Waals surface area contributed by atoms with Gasteiger partial charge in [0, 0.05) is 39.8 Å². The molecular formula is C31H36N4O5. The molecule has 2 aromatic carbocycles. The first-order valence-electron chi connectivity index (χ1n) is 13.9. The lowest BCUT2D eigenvalue weighted by molar-refractivity contribution is -0.124. The average Bonchev–Trinajstić information content (AvgIpc) is 3.57. The monoisotopic (exact) mass is 544 g/mol. The summed E-state index contributed by atoms with van der Waals surface area (Å²) in [5.41, 5.74) is 2.13. The maximum Gasteiger partial charge on any atom is 0.289 e. The summed E-state index contributed by atoms with van der Waals surface area (Å²) in [6.45, 7) is 3.22. The molecule has 40 heavy (non-hydrogen) atoms. The zero-order valence-corrected chi connectivity index (χ0v) is 23.0. The molecule has 1 aromatic heterocycles. The second-order valence-electron chi connectivity index (χ2n) is 11.2. The number of hydrogen-bond acceptors (Lipinski definition) is 7. The number of nitrogens with zero attached hydrogens (tertiary/aromatic N) is 3. The normalized spacial score (nSPS) is 22.3. The number of hydrogen-bond donors (Lipinski definition) is 1. The maximum atomic E-state index is 13.3. The van der Waals surface area contributed by atoms with E-state index in [0.717, 1.165) is 35.5 Å². The van der Waals surface area contributed by atoms with Crippen LogP contribution < -0.4 is 10.1 Å². The topological polar surface area (TPSA) is 87.5 Å². The number of carbonyl (C=O) groups is 2. The van der Waals surface area contributed by atoms with Gasteiger partial charge in [-0.05, 0) is 60.4 Å². The molecule has 2 fully saturated rings. The highest BCUT2D eigenvalue weighted by molar-refractivity contribution is 5.91. The van der Waals surface area contributed by atoms with Crippen LogP contribution >= 0.6 is 0 Å². The van der Waals surface area contributed by atoms with E-state index in [4.69, 9.17) is 13.9 Å². The van der Waals surface area contributed by atoms with Crippen molar-refractivity contribution in [3.63, 3.8) is 0 Å². The standard InChI is InChI=1S/C31H36N4O5/c1-33(2)31(37)28-12-11-26(40-28)16-34-17-27-29(18-34)38-20-22-6-4-8-25(14-22)39-24-7-3-5-21(13-24)15-35(23-9-10-23)19-30(36)32-27/h3-8,11-14,23,27,29H,9-10,15-20H2,1-2H3,(H,32,36)/t27-,29-/m0/s1. The Labute approximate surface area is 234 Å². The predicted molar refractivity (Wildman–Crippen MR) is 149 cm³/mol. The summed E-state index contributed by atoms with van der Waals surface area (Å²) in [4.78, 5) is 31.5. The van der Waals surface area contributed by atoms with Crippen molar-refractivity contribution in [3.05, 3.63) is 83.3 Å². The van der Waals surface area contributed by atoms with Crippen LogP contribution in [0.1, 0.15) is 40.3 Å². The summed E-state index contributed by atoms with van der Waals surface area (Å²) in [7, 11) is 3.40. The van der Waals surface area contributed by atoms with Crippen molar-refractivity contribution in [2.45, 2.75) is 50.7 Å². The minimum atomic E-state index is -0.193. The SMILES string of the molecule is CN(C)C(=O)c1ccc(CN2C[C@@H]3NC(=O)CN(C4CC4)Cc4cccc(c4)Oc4cccc(c4)CO[C@H]3C2)o1. The van der Waals surface area contributed by atoms with E-state index in [1.165, 1.54) is 4.90 Å². The number of likely N-dealkylation sites (tertiary alicyclic amines) is 1. The van der Waals surface area contributed by atoms with Crippen LogP contribution in [-0.2, 0) is 29.2 Å². The Bertz CT molecular complexity index is 1370. The Hall–Kier alpha value is -3.66. The lowest BCUT2D eigenvalue weighted by Gasteiger charge is -2.25. The average molecular weight is 545 g/mol. The van der Waals surface area contributed by atoms with Crippen LogP contribution in [0.4, 0.5) is 0 Å². The predicted octanol–water partition coefficient (Wildman–Crippen LogP) is 3.64. The van der Waals surface area contributed by atoms with Crippen LogP contribution in [0.3, 0.4) is 0 Å². The first-order valence-corrected chi connectivity index (χ1v) is 13.9. The summed E-state index contributed by atoms with van der Waals surface area (Å²) >= 11 is 0. The summed E-state index contributed by atoms with van der Waals surface area (Å²) in [6, 6.07) is 19.9. The summed E-state index contributed by atoms with van der Waals surface area (Å²) in [6.07, 6.45) is 2.03. The zero-order valence-electron chi connectivity index (χ0n) is 23.0. The van der Waals surface area contributed by atoms with Gasteiger partial charge in [0.2, 0.25) is 5.91 Å². The van der Waals surface area contributed by atoms with E-state index >= 15 is 0 Å². The highest BCUT2D eigenvalue weighted by Gasteiger charge is 2.37. The molecule has 1 saturated carbocycles. The number of carbonyl (C=O) groups excluding carboxylic acids is 2. The highest BCUT2D eigenvalue weighted by atomic mass is 16.5. The third kappa shape index (κ3) is 6.38. The van der Waals surface area contributed by atoms with E-state index in [9.17, 15) is 9.59 Å². The number of amides is 2. The number of furan rings is 1. The van der Waals surface area contributed by atoms with Gasteiger partial charge in [-0.15, -0.1) is 0 Å². The molecule has 4 bridgehead atoms. The summed E-state index contributed by atoms with van der Waals surface area (Å²) in [5.74, 6) is 2.42. The fourth-order valence-electron chi connectivity index (χ4n) is 5.48. The van der Waals surface area contributed by atoms with Crippen LogP contribution in [0.2, 0.25) is 0 Å².